The van der Waals surface area contributed by atoms with E-state index in [0.29, 0.717) is 23.6 Å². The van der Waals surface area contributed by atoms with Crippen LogP contribution in [0, 0.1) is 0 Å². The van der Waals surface area contributed by atoms with Gasteiger partial charge in [0.15, 0.2) is 0 Å². The van der Waals surface area contributed by atoms with Crippen molar-refractivity contribution in [2.75, 3.05) is 19.0 Å². The highest BCUT2D eigenvalue weighted by Gasteiger charge is 2.09. The summed E-state index contributed by atoms with van der Waals surface area (Å²) in [6.45, 7) is 2.50. The summed E-state index contributed by atoms with van der Waals surface area (Å²) in [5.74, 6) is 1.23. The minimum absolute atomic E-state index is 0.188. The summed E-state index contributed by atoms with van der Waals surface area (Å²) in [6.07, 6.45) is 0. The Morgan fingerprint density at radius 2 is 2.05 bits per heavy atom. The van der Waals surface area contributed by atoms with Gasteiger partial charge in [-0.15, -0.1) is 0 Å². The Bertz CT molecular complexity index is 643. The van der Waals surface area contributed by atoms with Gasteiger partial charge in [0.1, 0.15) is 11.5 Å². The molecule has 0 spiro atoms. The maximum atomic E-state index is 12.2. The molecule has 1 N–H and O–H groups in total. The van der Waals surface area contributed by atoms with Crippen LogP contribution in [0.2, 0.25) is 0 Å². The van der Waals surface area contributed by atoms with Crippen LogP contribution in [0.25, 0.3) is 0 Å². The number of methoxy groups -OCH3 is 1. The monoisotopic (exact) mass is 349 g/mol. The molecule has 0 aliphatic carbocycles. The fourth-order valence-electron chi connectivity index (χ4n) is 1.84. The molecular weight excluding hydrogens is 334 g/mol. The predicted molar refractivity (Wildman–Crippen MR) is 86.3 cm³/mol. The van der Waals surface area contributed by atoms with Crippen LogP contribution in [-0.2, 0) is 0 Å². The first-order chi connectivity index (χ1) is 10.1. The first-order valence-electron chi connectivity index (χ1n) is 6.51. The van der Waals surface area contributed by atoms with Crippen molar-refractivity contribution in [2.45, 2.75) is 6.92 Å². The lowest BCUT2D eigenvalue weighted by atomic mass is 10.2. The van der Waals surface area contributed by atoms with Crippen LogP contribution in [0.4, 0.5) is 5.69 Å². The molecule has 0 aromatic heterocycles. The van der Waals surface area contributed by atoms with E-state index in [0.717, 1.165) is 10.2 Å². The third-order valence-corrected chi connectivity index (χ3v) is 3.44. The number of amides is 1. The molecule has 1 amide bonds. The number of nitrogens with one attached hydrogen (secondary N) is 1. The molecule has 2 aromatic rings. The van der Waals surface area contributed by atoms with Gasteiger partial charge in [-0.25, -0.2) is 0 Å². The third kappa shape index (κ3) is 3.98. The number of halogens is 1. The number of anilines is 1. The quantitative estimate of drug-likeness (QED) is 0.883. The van der Waals surface area contributed by atoms with Crippen LogP contribution in [0.3, 0.4) is 0 Å². The standard InChI is InChI=1S/C16H16BrNO3/c1-3-21-13-6-4-5-12(10-13)18-16(19)11-7-8-15(20-2)14(17)9-11/h4-10H,3H2,1-2H3,(H,18,19). The van der Waals surface area contributed by atoms with Gasteiger partial charge in [0, 0.05) is 17.3 Å². The van der Waals surface area contributed by atoms with Gasteiger partial charge in [-0.05, 0) is 53.2 Å². The lowest BCUT2D eigenvalue weighted by Gasteiger charge is -2.09. The van der Waals surface area contributed by atoms with Gasteiger partial charge >= 0.3 is 0 Å². The number of benzene rings is 2. The highest BCUT2D eigenvalue weighted by atomic mass is 79.9. The van der Waals surface area contributed by atoms with Crippen molar-refractivity contribution in [1.82, 2.24) is 0 Å². The lowest BCUT2D eigenvalue weighted by molar-refractivity contribution is 0.102. The maximum absolute atomic E-state index is 12.2. The second-order valence-corrected chi connectivity index (χ2v) is 5.12. The fraction of sp³-hybridized carbons (Fsp3) is 0.188. The molecule has 0 aliphatic heterocycles. The van der Waals surface area contributed by atoms with E-state index in [1.165, 1.54) is 0 Å². The SMILES string of the molecule is CCOc1cccc(NC(=O)c2ccc(OC)c(Br)c2)c1. The Morgan fingerprint density at radius 1 is 1.24 bits per heavy atom. The van der Waals surface area contributed by atoms with E-state index in [-0.39, 0.29) is 5.91 Å². The Kier molecular flexibility index (Phi) is 5.22. The van der Waals surface area contributed by atoms with Crippen molar-refractivity contribution in [3.8, 4) is 11.5 Å². The summed E-state index contributed by atoms with van der Waals surface area (Å²) in [4.78, 5) is 12.2. The molecule has 5 heteroatoms. The Labute approximate surface area is 132 Å². The predicted octanol–water partition coefficient (Wildman–Crippen LogP) is 4.11. The second kappa shape index (κ2) is 7.13. The summed E-state index contributed by atoms with van der Waals surface area (Å²) in [5.41, 5.74) is 1.24. The molecule has 0 fully saturated rings. The van der Waals surface area contributed by atoms with Crippen molar-refractivity contribution in [2.24, 2.45) is 0 Å². The van der Waals surface area contributed by atoms with Crippen LogP contribution in [-0.4, -0.2) is 19.6 Å². The molecule has 0 heterocycles. The third-order valence-electron chi connectivity index (χ3n) is 2.82. The van der Waals surface area contributed by atoms with Gasteiger partial charge < -0.3 is 14.8 Å². The van der Waals surface area contributed by atoms with Gasteiger partial charge in [0.25, 0.3) is 5.91 Å². The van der Waals surface area contributed by atoms with E-state index < -0.39 is 0 Å². The van der Waals surface area contributed by atoms with Crippen molar-refractivity contribution in [3.63, 3.8) is 0 Å². The van der Waals surface area contributed by atoms with Crippen molar-refractivity contribution < 1.29 is 14.3 Å². The molecule has 0 atom stereocenters. The fourth-order valence-corrected chi connectivity index (χ4v) is 2.38. The summed E-state index contributed by atoms with van der Waals surface area (Å²) in [7, 11) is 1.58. The van der Waals surface area contributed by atoms with Gasteiger partial charge in [-0.1, -0.05) is 6.07 Å². The molecular formula is C16H16BrNO3. The van der Waals surface area contributed by atoms with Crippen LogP contribution in [0.1, 0.15) is 17.3 Å². The van der Waals surface area contributed by atoms with Crippen LogP contribution < -0.4 is 14.8 Å². The number of carbonyl (C=O) groups is 1. The average molecular weight is 350 g/mol. The first kappa shape index (κ1) is 15.4. The summed E-state index contributed by atoms with van der Waals surface area (Å²) in [6, 6.07) is 12.5. The zero-order valence-electron chi connectivity index (χ0n) is 11.9. The molecule has 4 nitrogen and oxygen atoms in total. The summed E-state index contributed by atoms with van der Waals surface area (Å²) >= 11 is 3.37. The number of hydrogen-bond acceptors (Lipinski definition) is 3. The second-order valence-electron chi connectivity index (χ2n) is 4.26. The highest BCUT2D eigenvalue weighted by Crippen LogP contribution is 2.26. The minimum atomic E-state index is -0.188. The van der Waals surface area contributed by atoms with E-state index in [4.69, 9.17) is 9.47 Å². The Hall–Kier alpha value is -2.01. The lowest BCUT2D eigenvalue weighted by Crippen LogP contribution is -2.12. The molecule has 0 bridgehead atoms. The highest BCUT2D eigenvalue weighted by molar-refractivity contribution is 9.10. The normalized spacial score (nSPS) is 10.0. The van der Waals surface area contributed by atoms with E-state index in [9.17, 15) is 4.79 Å². The number of carbonyl (C=O) groups excluding carboxylic acids is 1. The van der Waals surface area contributed by atoms with E-state index in [1.807, 2.05) is 25.1 Å². The topological polar surface area (TPSA) is 47.6 Å². The number of ether oxygens (including phenoxy) is 2. The molecule has 21 heavy (non-hydrogen) atoms. The molecule has 0 saturated heterocycles. The van der Waals surface area contributed by atoms with Crippen LogP contribution >= 0.6 is 15.9 Å². The maximum Gasteiger partial charge on any atom is 0.255 e. The van der Waals surface area contributed by atoms with Crippen LogP contribution in [0.15, 0.2) is 46.9 Å². The molecule has 0 saturated carbocycles. The smallest absolute Gasteiger partial charge is 0.255 e. The molecule has 110 valence electrons. The van der Waals surface area contributed by atoms with Gasteiger partial charge in [-0.3, -0.25) is 4.79 Å². The molecule has 0 radical (unpaired) electrons. The van der Waals surface area contributed by atoms with Crippen molar-refractivity contribution in [1.29, 1.82) is 0 Å². The summed E-state index contributed by atoms with van der Waals surface area (Å²) in [5, 5.41) is 2.84. The number of hydrogen-bond donors (Lipinski definition) is 1. The van der Waals surface area contributed by atoms with Crippen LogP contribution in [0.5, 0.6) is 11.5 Å². The molecule has 0 unspecified atom stereocenters. The largest absolute Gasteiger partial charge is 0.496 e. The van der Waals surface area contributed by atoms with Crippen molar-refractivity contribution in [3.05, 3.63) is 52.5 Å². The van der Waals surface area contributed by atoms with Gasteiger partial charge in [-0.2, -0.15) is 0 Å². The Morgan fingerprint density at radius 3 is 2.71 bits per heavy atom. The minimum Gasteiger partial charge on any atom is -0.496 e. The first-order valence-corrected chi connectivity index (χ1v) is 7.31. The van der Waals surface area contributed by atoms with E-state index in [1.54, 1.807) is 31.4 Å². The zero-order chi connectivity index (χ0) is 15.2. The molecule has 2 aromatic carbocycles. The van der Waals surface area contributed by atoms with E-state index in [2.05, 4.69) is 21.2 Å². The van der Waals surface area contributed by atoms with E-state index >= 15 is 0 Å². The number of rotatable bonds is 5. The van der Waals surface area contributed by atoms with Crippen molar-refractivity contribution >= 4 is 27.5 Å². The molecule has 2 rings (SSSR count). The van der Waals surface area contributed by atoms with Gasteiger partial charge in [0.05, 0.1) is 18.2 Å². The average Bonchev–Trinajstić information content (AvgIpc) is 2.48. The van der Waals surface area contributed by atoms with Gasteiger partial charge in [0.2, 0.25) is 0 Å². The molecule has 0 aliphatic rings. The Balaban J connectivity index is 2.14. The zero-order valence-corrected chi connectivity index (χ0v) is 13.4. The summed E-state index contributed by atoms with van der Waals surface area (Å²) < 4.78 is 11.3.